The van der Waals surface area contributed by atoms with Gasteiger partial charge in [-0.3, -0.25) is 13.8 Å². The number of carbonyl (C=O) groups is 2. The molecule has 2 bridgehead atoms. The van der Waals surface area contributed by atoms with Crippen LogP contribution in [0.1, 0.15) is 32.6 Å². The van der Waals surface area contributed by atoms with Crippen molar-refractivity contribution in [2.75, 3.05) is 12.9 Å². The van der Waals surface area contributed by atoms with Crippen LogP contribution in [0.25, 0.3) is 0 Å². The van der Waals surface area contributed by atoms with Crippen molar-refractivity contribution < 1.29 is 26.9 Å². The maximum absolute atomic E-state index is 12.4. The molecular formula is C13H20O6S. The molecule has 20 heavy (non-hydrogen) atoms. The molecule has 3 saturated carbocycles. The Bertz CT molecular complexity index is 491. The molecule has 3 fully saturated rings. The summed E-state index contributed by atoms with van der Waals surface area (Å²) in [6.07, 6.45) is 2.53. The molecule has 0 aromatic heterocycles. The van der Waals surface area contributed by atoms with Gasteiger partial charge in [0, 0.05) is 0 Å². The second-order valence-corrected chi connectivity index (χ2v) is 7.27. The van der Waals surface area contributed by atoms with Gasteiger partial charge in [-0.15, -0.1) is 0 Å². The molecule has 3 aliphatic rings. The van der Waals surface area contributed by atoms with Crippen molar-refractivity contribution in [3.63, 3.8) is 0 Å². The molecule has 3 aliphatic carbocycles. The van der Waals surface area contributed by atoms with E-state index in [1.807, 2.05) is 0 Å². The zero-order valence-corrected chi connectivity index (χ0v) is 12.5. The zero-order valence-electron chi connectivity index (χ0n) is 11.7. The molecule has 0 spiro atoms. The number of hydrogen-bond acceptors (Lipinski definition) is 6. The molecule has 114 valence electrons. The summed E-state index contributed by atoms with van der Waals surface area (Å²) < 4.78 is 32.4. The third-order valence-electron chi connectivity index (χ3n) is 3.97. The largest absolute Gasteiger partial charge is 0.465 e. The molecule has 0 amide bonds. The van der Waals surface area contributed by atoms with E-state index in [2.05, 4.69) is 0 Å². The van der Waals surface area contributed by atoms with Crippen molar-refractivity contribution in [3.05, 3.63) is 0 Å². The summed E-state index contributed by atoms with van der Waals surface area (Å²) in [5, 5.41) is 0. The number of ether oxygens (including phenoxy) is 1. The Labute approximate surface area is 118 Å². The molecule has 6 nitrogen and oxygen atoms in total. The number of ketones is 1. The Morgan fingerprint density at radius 1 is 1.20 bits per heavy atom. The number of rotatable bonds is 4. The molecular weight excluding hydrogens is 284 g/mol. The monoisotopic (exact) mass is 304 g/mol. The Morgan fingerprint density at radius 3 is 2.35 bits per heavy atom. The Kier molecular flexibility index (Phi) is 4.49. The number of esters is 1. The van der Waals surface area contributed by atoms with Crippen LogP contribution >= 0.6 is 0 Å². The Morgan fingerprint density at radius 2 is 1.80 bits per heavy atom. The van der Waals surface area contributed by atoms with E-state index < -0.39 is 33.9 Å². The number of carbonyl (C=O) groups excluding carboxylic acids is 2. The van der Waals surface area contributed by atoms with E-state index in [0.29, 0.717) is 24.7 Å². The average Bonchev–Trinajstić information content (AvgIpc) is 2.26. The maximum Gasteiger partial charge on any atom is 0.316 e. The minimum Gasteiger partial charge on any atom is -0.465 e. The van der Waals surface area contributed by atoms with Gasteiger partial charge in [0.15, 0.2) is 5.78 Å². The van der Waals surface area contributed by atoms with Gasteiger partial charge in [-0.05, 0) is 44.4 Å². The molecule has 3 rings (SSSR count). The van der Waals surface area contributed by atoms with Gasteiger partial charge < -0.3 is 4.74 Å². The molecule has 0 unspecified atom stereocenters. The SMILES string of the molecule is CCOC(=O)[C@H]1CC2CC(C2)C[C@H](OS(C)(=O)=O)C1=O. The molecule has 2 atom stereocenters. The second kappa shape index (κ2) is 5.81. The standard InChI is InChI=1S/C13H20O6S/c1-3-18-13(15)10-6-8-4-9(5-8)7-11(12(10)14)19-20(2,16)17/h8-11H,3-7H2,1-2H3/t8?,9?,10-,11-/m0/s1. The van der Waals surface area contributed by atoms with Crippen LogP contribution in [0.2, 0.25) is 0 Å². The molecule has 0 aliphatic heterocycles. The number of hydrogen-bond donors (Lipinski definition) is 0. The molecule has 0 saturated heterocycles. The highest BCUT2D eigenvalue weighted by Gasteiger charge is 2.45. The fraction of sp³-hybridized carbons (Fsp3) is 0.846. The van der Waals surface area contributed by atoms with E-state index >= 15 is 0 Å². The maximum atomic E-state index is 12.4. The first-order chi connectivity index (χ1) is 9.30. The fourth-order valence-corrected chi connectivity index (χ4v) is 3.70. The Balaban J connectivity index is 2.17. The fourth-order valence-electron chi connectivity index (χ4n) is 3.10. The van der Waals surface area contributed by atoms with Crippen LogP contribution in [0.15, 0.2) is 0 Å². The zero-order chi connectivity index (χ0) is 14.9. The highest BCUT2D eigenvalue weighted by atomic mass is 32.2. The Hall–Kier alpha value is -0.950. The van der Waals surface area contributed by atoms with Crippen molar-refractivity contribution in [3.8, 4) is 0 Å². The topological polar surface area (TPSA) is 86.7 Å². The van der Waals surface area contributed by atoms with Crippen molar-refractivity contribution in [2.45, 2.75) is 38.7 Å². The molecule has 0 radical (unpaired) electrons. The summed E-state index contributed by atoms with van der Waals surface area (Å²) in [6.45, 7) is 1.88. The van der Waals surface area contributed by atoms with E-state index in [4.69, 9.17) is 8.92 Å². The number of fused-ring (bicyclic) bond motifs is 4. The highest BCUT2D eigenvalue weighted by molar-refractivity contribution is 7.86. The molecule has 0 N–H and O–H groups in total. The predicted molar refractivity (Wildman–Crippen MR) is 70.3 cm³/mol. The van der Waals surface area contributed by atoms with Crippen molar-refractivity contribution in [1.82, 2.24) is 0 Å². The molecule has 0 aromatic rings. The summed E-state index contributed by atoms with van der Waals surface area (Å²) in [5.41, 5.74) is 0. The highest BCUT2D eigenvalue weighted by Crippen LogP contribution is 2.44. The lowest BCUT2D eigenvalue weighted by atomic mass is 9.65. The van der Waals surface area contributed by atoms with Gasteiger partial charge in [-0.25, -0.2) is 0 Å². The van der Waals surface area contributed by atoms with Crippen LogP contribution in [0.3, 0.4) is 0 Å². The number of Topliss-reactive ketones (excluding diaryl/α,β-unsaturated/α-hetero) is 1. The predicted octanol–water partition coefficient (Wildman–Crippen LogP) is 0.900. The quantitative estimate of drug-likeness (QED) is 0.436. The smallest absolute Gasteiger partial charge is 0.316 e. The summed E-state index contributed by atoms with van der Waals surface area (Å²) in [6, 6.07) is 0. The van der Waals surface area contributed by atoms with E-state index in [-0.39, 0.29) is 6.61 Å². The lowest BCUT2D eigenvalue weighted by molar-refractivity contribution is -0.156. The first-order valence-electron chi connectivity index (χ1n) is 6.88. The van der Waals surface area contributed by atoms with Crippen molar-refractivity contribution in [1.29, 1.82) is 0 Å². The van der Waals surface area contributed by atoms with Gasteiger partial charge in [0.25, 0.3) is 10.1 Å². The van der Waals surface area contributed by atoms with Gasteiger partial charge in [0.1, 0.15) is 12.0 Å². The van der Waals surface area contributed by atoms with Gasteiger partial charge in [0.2, 0.25) is 0 Å². The third kappa shape index (κ3) is 3.58. The first-order valence-corrected chi connectivity index (χ1v) is 8.70. The molecule has 0 heterocycles. The van der Waals surface area contributed by atoms with Crippen LogP contribution in [0.4, 0.5) is 0 Å². The van der Waals surface area contributed by atoms with E-state index in [1.165, 1.54) is 0 Å². The van der Waals surface area contributed by atoms with Gasteiger partial charge in [-0.2, -0.15) is 8.42 Å². The first kappa shape index (κ1) is 15.4. The van der Waals surface area contributed by atoms with Gasteiger partial charge in [0.05, 0.1) is 12.9 Å². The van der Waals surface area contributed by atoms with Crippen LogP contribution in [0, 0.1) is 17.8 Å². The van der Waals surface area contributed by atoms with Crippen LogP contribution in [-0.4, -0.2) is 39.1 Å². The van der Waals surface area contributed by atoms with Crippen LogP contribution in [0.5, 0.6) is 0 Å². The van der Waals surface area contributed by atoms with Crippen molar-refractivity contribution >= 4 is 21.9 Å². The lowest BCUT2D eigenvalue weighted by Gasteiger charge is -2.41. The van der Waals surface area contributed by atoms with E-state index in [1.54, 1.807) is 6.92 Å². The normalized spacial score (nSPS) is 33.8. The third-order valence-corrected chi connectivity index (χ3v) is 4.55. The molecule has 0 aromatic carbocycles. The van der Waals surface area contributed by atoms with Crippen LogP contribution < -0.4 is 0 Å². The summed E-state index contributed by atoms with van der Waals surface area (Å²) >= 11 is 0. The second-order valence-electron chi connectivity index (χ2n) is 5.67. The van der Waals surface area contributed by atoms with E-state index in [0.717, 1.165) is 19.1 Å². The minimum atomic E-state index is -3.73. The molecule has 7 heteroatoms. The summed E-state index contributed by atoms with van der Waals surface area (Å²) in [7, 11) is -3.73. The van der Waals surface area contributed by atoms with Crippen LogP contribution in [-0.2, 0) is 28.6 Å². The minimum absolute atomic E-state index is 0.202. The van der Waals surface area contributed by atoms with E-state index in [9.17, 15) is 18.0 Å². The van der Waals surface area contributed by atoms with Gasteiger partial charge in [-0.1, -0.05) is 0 Å². The summed E-state index contributed by atoms with van der Waals surface area (Å²) in [4.78, 5) is 24.3. The lowest BCUT2D eigenvalue weighted by Crippen LogP contribution is -2.45. The van der Waals surface area contributed by atoms with Crippen molar-refractivity contribution in [2.24, 2.45) is 17.8 Å². The van der Waals surface area contributed by atoms with Gasteiger partial charge >= 0.3 is 5.97 Å². The average molecular weight is 304 g/mol. The summed E-state index contributed by atoms with van der Waals surface area (Å²) in [5.74, 6) is -1.24.